The predicted octanol–water partition coefficient (Wildman–Crippen LogP) is 5.19. The maximum atomic E-state index is 13.6. The van der Waals surface area contributed by atoms with E-state index in [9.17, 15) is 12.8 Å². The minimum absolute atomic E-state index is 0.170. The lowest BCUT2D eigenvalue weighted by atomic mass is 10.3. The normalized spacial score (nSPS) is 11.5. The van der Waals surface area contributed by atoms with E-state index in [1.165, 1.54) is 6.07 Å². The Hall–Kier alpha value is -0.280. The van der Waals surface area contributed by atoms with Crippen molar-refractivity contribution < 1.29 is 12.8 Å². The zero-order valence-electron chi connectivity index (χ0n) is 10.0. The highest BCUT2D eigenvalue weighted by molar-refractivity contribution is 14.1. The van der Waals surface area contributed by atoms with Crippen molar-refractivity contribution in [3.05, 3.63) is 54.8 Å². The quantitative estimate of drug-likeness (QED) is 0.486. The molecule has 0 aliphatic rings. The minimum Gasteiger partial charge on any atom is -0.278 e. The minimum atomic E-state index is -4.09. The van der Waals surface area contributed by atoms with Crippen LogP contribution in [0.15, 0.2) is 35.2 Å². The second-order valence-corrected chi connectivity index (χ2v) is 7.99. The van der Waals surface area contributed by atoms with Gasteiger partial charge in [-0.1, -0.05) is 34.8 Å². The van der Waals surface area contributed by atoms with E-state index in [2.05, 4.69) is 4.72 Å². The molecule has 2 aromatic rings. The summed E-state index contributed by atoms with van der Waals surface area (Å²) < 4.78 is 41.2. The highest BCUT2D eigenvalue weighted by Crippen LogP contribution is 2.32. The first-order valence-electron chi connectivity index (χ1n) is 5.34. The van der Waals surface area contributed by atoms with Crippen molar-refractivity contribution >= 4 is 73.1 Å². The monoisotopic (exact) mass is 479 g/mol. The van der Waals surface area contributed by atoms with E-state index < -0.39 is 25.8 Å². The van der Waals surface area contributed by atoms with Gasteiger partial charge in [0, 0.05) is 3.57 Å². The zero-order valence-corrected chi connectivity index (χ0v) is 15.2. The van der Waals surface area contributed by atoms with Gasteiger partial charge in [-0.2, -0.15) is 0 Å². The third kappa shape index (κ3) is 3.73. The molecule has 0 aromatic heterocycles. The van der Waals surface area contributed by atoms with E-state index in [0.717, 1.165) is 15.7 Å². The highest BCUT2D eigenvalue weighted by Gasteiger charge is 2.22. The van der Waals surface area contributed by atoms with Gasteiger partial charge in [-0.15, -0.1) is 0 Å². The van der Waals surface area contributed by atoms with Crippen LogP contribution in [-0.4, -0.2) is 8.42 Å². The van der Waals surface area contributed by atoms with Gasteiger partial charge in [-0.05, 0) is 52.9 Å². The summed E-state index contributed by atoms with van der Waals surface area (Å²) in [7, 11) is -4.09. The lowest BCUT2D eigenvalue weighted by molar-refractivity contribution is 0.595. The molecule has 1 N–H and O–H groups in total. The molecule has 2 rings (SSSR count). The van der Waals surface area contributed by atoms with E-state index in [4.69, 9.17) is 34.8 Å². The van der Waals surface area contributed by atoms with E-state index in [-0.39, 0.29) is 15.7 Å². The molecule has 0 bridgehead atoms. The molecule has 9 heteroatoms. The molecule has 0 heterocycles. The molecule has 0 unspecified atom stereocenters. The fraction of sp³-hybridized carbons (Fsp3) is 0. The Bertz CT molecular complexity index is 814. The number of rotatable bonds is 3. The standard InChI is InChI=1S/C12H6Cl3FINO2S/c13-7-2-4-10(11(15)12(7)16)21(19,20)18-9-3-1-6(17)5-8(9)14/h1-5,18H. The molecule has 0 spiro atoms. The predicted molar refractivity (Wildman–Crippen MR) is 91.4 cm³/mol. The number of nitrogens with one attached hydrogen (secondary N) is 1. The van der Waals surface area contributed by atoms with Crippen LogP contribution in [0.4, 0.5) is 10.1 Å². The third-order valence-electron chi connectivity index (χ3n) is 2.46. The molecule has 0 radical (unpaired) electrons. The van der Waals surface area contributed by atoms with E-state index in [1.807, 2.05) is 22.6 Å². The molecule has 0 saturated carbocycles. The summed E-state index contributed by atoms with van der Waals surface area (Å²) in [5, 5.41) is -0.612. The Morgan fingerprint density at radius 2 is 1.71 bits per heavy atom. The fourth-order valence-electron chi connectivity index (χ4n) is 1.49. The number of hydrogen-bond donors (Lipinski definition) is 1. The van der Waals surface area contributed by atoms with Crippen molar-refractivity contribution in [2.45, 2.75) is 4.90 Å². The third-order valence-corrected chi connectivity index (χ3v) is 5.63. The Labute approximate surface area is 149 Å². The molecule has 21 heavy (non-hydrogen) atoms. The SMILES string of the molecule is O=S(=O)(Nc1ccc(I)cc1Cl)c1ccc(Cl)c(F)c1Cl. The second-order valence-electron chi connectivity index (χ2n) is 3.90. The Kier molecular flexibility index (Phi) is 5.25. The number of benzene rings is 2. The van der Waals surface area contributed by atoms with E-state index >= 15 is 0 Å². The molecule has 0 saturated heterocycles. The summed E-state index contributed by atoms with van der Waals surface area (Å²) in [6.45, 7) is 0. The second kappa shape index (κ2) is 6.45. The van der Waals surface area contributed by atoms with Crippen LogP contribution in [0.3, 0.4) is 0 Å². The fourth-order valence-corrected chi connectivity index (χ4v) is 4.27. The smallest absolute Gasteiger partial charge is 0.263 e. The number of anilines is 1. The van der Waals surface area contributed by atoms with Gasteiger partial charge in [0.2, 0.25) is 0 Å². The first-order valence-corrected chi connectivity index (χ1v) is 9.03. The summed E-state index contributed by atoms with van der Waals surface area (Å²) in [5.41, 5.74) is 0.170. The van der Waals surface area contributed by atoms with Gasteiger partial charge in [0.25, 0.3) is 10.0 Å². The summed E-state index contributed by atoms with van der Waals surface area (Å²) in [6, 6.07) is 7.00. The van der Waals surface area contributed by atoms with Gasteiger partial charge >= 0.3 is 0 Å². The van der Waals surface area contributed by atoms with Crippen LogP contribution >= 0.6 is 57.4 Å². The van der Waals surface area contributed by atoms with Gasteiger partial charge in [-0.25, -0.2) is 12.8 Å². The molecule has 0 fully saturated rings. The van der Waals surface area contributed by atoms with Crippen molar-refractivity contribution in [1.29, 1.82) is 0 Å². The number of sulfonamides is 1. The molecular weight excluding hydrogens is 474 g/mol. The summed E-state index contributed by atoms with van der Waals surface area (Å²) in [4.78, 5) is -0.416. The first kappa shape index (κ1) is 17.1. The Balaban J connectivity index is 2.46. The summed E-state index contributed by atoms with van der Waals surface area (Å²) >= 11 is 19.2. The highest BCUT2D eigenvalue weighted by atomic mass is 127. The Morgan fingerprint density at radius 1 is 1.05 bits per heavy atom. The van der Waals surface area contributed by atoms with Crippen LogP contribution in [0.25, 0.3) is 0 Å². The van der Waals surface area contributed by atoms with Gasteiger partial charge in [0.1, 0.15) is 4.90 Å². The molecule has 2 aromatic carbocycles. The Morgan fingerprint density at radius 3 is 2.33 bits per heavy atom. The topological polar surface area (TPSA) is 46.2 Å². The molecule has 0 aliphatic carbocycles. The largest absolute Gasteiger partial charge is 0.278 e. The van der Waals surface area contributed by atoms with E-state index in [1.54, 1.807) is 12.1 Å². The van der Waals surface area contributed by atoms with Gasteiger partial charge in [0.05, 0.1) is 20.8 Å². The number of halogens is 5. The van der Waals surface area contributed by atoms with Crippen LogP contribution in [0.5, 0.6) is 0 Å². The van der Waals surface area contributed by atoms with Gasteiger partial charge in [-0.3, -0.25) is 4.72 Å². The zero-order chi connectivity index (χ0) is 15.8. The first-order chi connectivity index (χ1) is 9.72. The van der Waals surface area contributed by atoms with Gasteiger partial charge in [0.15, 0.2) is 5.82 Å². The molecule has 0 amide bonds. The van der Waals surface area contributed by atoms with Crippen LogP contribution < -0.4 is 4.72 Å². The van der Waals surface area contributed by atoms with Crippen LogP contribution in [0.2, 0.25) is 15.1 Å². The molecular formula is C12H6Cl3FINO2S. The lowest BCUT2D eigenvalue weighted by Crippen LogP contribution is -2.14. The van der Waals surface area contributed by atoms with Crippen molar-refractivity contribution in [2.24, 2.45) is 0 Å². The molecule has 3 nitrogen and oxygen atoms in total. The maximum absolute atomic E-state index is 13.6. The molecule has 0 atom stereocenters. The molecule has 112 valence electrons. The maximum Gasteiger partial charge on any atom is 0.263 e. The van der Waals surface area contributed by atoms with Crippen LogP contribution in [-0.2, 0) is 10.0 Å². The summed E-state index contributed by atoms with van der Waals surface area (Å²) in [5.74, 6) is -0.991. The van der Waals surface area contributed by atoms with Crippen LogP contribution in [0, 0.1) is 9.39 Å². The molecule has 0 aliphatic heterocycles. The lowest BCUT2D eigenvalue weighted by Gasteiger charge is -2.11. The van der Waals surface area contributed by atoms with Crippen molar-refractivity contribution in [3.8, 4) is 0 Å². The van der Waals surface area contributed by atoms with Crippen molar-refractivity contribution in [2.75, 3.05) is 4.72 Å². The summed E-state index contributed by atoms with van der Waals surface area (Å²) in [6.07, 6.45) is 0. The van der Waals surface area contributed by atoms with Crippen molar-refractivity contribution in [1.82, 2.24) is 0 Å². The van der Waals surface area contributed by atoms with Gasteiger partial charge < -0.3 is 0 Å². The van der Waals surface area contributed by atoms with Crippen molar-refractivity contribution in [3.63, 3.8) is 0 Å². The average Bonchev–Trinajstić information content (AvgIpc) is 2.39. The van der Waals surface area contributed by atoms with E-state index in [0.29, 0.717) is 0 Å². The average molecular weight is 481 g/mol. The van der Waals surface area contributed by atoms with Crippen LogP contribution in [0.1, 0.15) is 0 Å². The number of hydrogen-bond acceptors (Lipinski definition) is 2.